The van der Waals surface area contributed by atoms with E-state index in [4.69, 9.17) is 4.74 Å². The molecule has 0 spiro atoms. The van der Waals surface area contributed by atoms with Crippen LogP contribution < -0.4 is 5.32 Å². The second-order valence-electron chi connectivity index (χ2n) is 4.25. The Morgan fingerprint density at radius 3 is 2.44 bits per heavy atom. The molecule has 0 heterocycles. The van der Waals surface area contributed by atoms with Gasteiger partial charge in [-0.05, 0) is 11.5 Å². The Balaban J connectivity index is 0.00000289. The Hall–Kier alpha value is -1.06. The minimum Gasteiger partial charge on any atom is -0.468 e. The van der Waals surface area contributed by atoms with Crippen LogP contribution in [-0.2, 0) is 16.1 Å². The molecule has 0 saturated carbocycles. The zero-order chi connectivity index (χ0) is 12.7. The zero-order valence-electron chi connectivity index (χ0n) is 11.2. The monoisotopic (exact) mass is 271 g/mol. The lowest BCUT2D eigenvalue weighted by molar-refractivity contribution is -0.144. The number of rotatable bonds is 6. The van der Waals surface area contributed by atoms with Crippen molar-refractivity contribution >= 4 is 18.4 Å². The van der Waals surface area contributed by atoms with Crippen molar-refractivity contribution in [2.45, 2.75) is 32.9 Å². The van der Waals surface area contributed by atoms with Gasteiger partial charge in [0.15, 0.2) is 0 Å². The average Bonchev–Trinajstić information content (AvgIpc) is 2.39. The van der Waals surface area contributed by atoms with Crippen LogP contribution in [0.2, 0.25) is 0 Å². The number of ether oxygens (including phenoxy) is 1. The number of nitrogens with one attached hydrogen (secondary N) is 1. The highest BCUT2D eigenvalue weighted by Crippen LogP contribution is 2.10. The minimum atomic E-state index is -0.231. The van der Waals surface area contributed by atoms with Crippen LogP contribution in [0.3, 0.4) is 0 Å². The highest BCUT2D eigenvalue weighted by molar-refractivity contribution is 5.85. The van der Waals surface area contributed by atoms with E-state index in [-0.39, 0.29) is 30.3 Å². The first kappa shape index (κ1) is 16.9. The number of esters is 1. The fraction of sp³-hybridized carbons (Fsp3) is 0.500. The largest absolute Gasteiger partial charge is 0.468 e. The van der Waals surface area contributed by atoms with Gasteiger partial charge in [-0.15, -0.1) is 12.4 Å². The van der Waals surface area contributed by atoms with Gasteiger partial charge in [0.05, 0.1) is 7.11 Å². The number of halogens is 1. The second-order valence-corrected chi connectivity index (χ2v) is 4.25. The maximum atomic E-state index is 11.6. The summed E-state index contributed by atoms with van der Waals surface area (Å²) < 4.78 is 4.82. The molecule has 4 heteroatoms. The first-order valence-corrected chi connectivity index (χ1v) is 6.04. The average molecular weight is 272 g/mol. The molecular weight excluding hydrogens is 250 g/mol. The molecule has 0 unspecified atom stereocenters. The van der Waals surface area contributed by atoms with E-state index in [0.29, 0.717) is 6.54 Å². The van der Waals surface area contributed by atoms with E-state index < -0.39 is 0 Å². The number of hydrogen-bond donors (Lipinski definition) is 1. The summed E-state index contributed by atoms with van der Waals surface area (Å²) in [6, 6.07) is 9.82. The van der Waals surface area contributed by atoms with Gasteiger partial charge in [0.2, 0.25) is 0 Å². The molecule has 3 nitrogen and oxygen atoms in total. The number of hydrogen-bond acceptors (Lipinski definition) is 3. The maximum Gasteiger partial charge on any atom is 0.323 e. The first-order chi connectivity index (χ1) is 8.19. The van der Waals surface area contributed by atoms with E-state index in [9.17, 15) is 4.79 Å². The lowest BCUT2D eigenvalue weighted by atomic mass is 9.99. The minimum absolute atomic E-state index is 0. The first-order valence-electron chi connectivity index (χ1n) is 6.04. The van der Waals surface area contributed by atoms with E-state index in [1.165, 1.54) is 12.7 Å². The van der Waals surface area contributed by atoms with Crippen LogP contribution in [0, 0.1) is 5.92 Å². The molecule has 1 aromatic carbocycles. The molecule has 102 valence electrons. The number of benzene rings is 1. The van der Waals surface area contributed by atoms with Gasteiger partial charge in [-0.25, -0.2) is 0 Å². The predicted molar refractivity (Wildman–Crippen MR) is 75.8 cm³/mol. The molecule has 0 aromatic heterocycles. The van der Waals surface area contributed by atoms with Gasteiger partial charge in [-0.3, -0.25) is 4.79 Å². The molecule has 1 rings (SSSR count). The van der Waals surface area contributed by atoms with E-state index in [2.05, 4.69) is 19.2 Å². The van der Waals surface area contributed by atoms with Crippen molar-refractivity contribution in [3.8, 4) is 0 Å². The van der Waals surface area contributed by atoms with Gasteiger partial charge in [0, 0.05) is 6.54 Å². The SMILES string of the molecule is CC[C@H](C)[C@H](NCc1ccccc1)C(=O)OC.Cl. The molecule has 0 fully saturated rings. The number of carbonyl (C=O) groups is 1. The molecule has 1 N–H and O–H groups in total. The van der Waals surface area contributed by atoms with Gasteiger partial charge < -0.3 is 10.1 Å². The molecule has 0 aliphatic heterocycles. The molecule has 0 aliphatic rings. The smallest absolute Gasteiger partial charge is 0.323 e. The van der Waals surface area contributed by atoms with Crippen LogP contribution in [0.5, 0.6) is 0 Å². The zero-order valence-corrected chi connectivity index (χ0v) is 12.0. The Morgan fingerprint density at radius 1 is 1.33 bits per heavy atom. The maximum absolute atomic E-state index is 11.6. The van der Waals surface area contributed by atoms with Gasteiger partial charge >= 0.3 is 5.97 Å². The Bertz CT molecular complexity index is 343. The van der Waals surface area contributed by atoms with Gasteiger partial charge in [0.1, 0.15) is 6.04 Å². The van der Waals surface area contributed by atoms with Crippen molar-refractivity contribution in [1.82, 2.24) is 5.32 Å². The summed E-state index contributed by atoms with van der Waals surface area (Å²) >= 11 is 0. The predicted octanol–water partition coefficient (Wildman–Crippen LogP) is 2.79. The van der Waals surface area contributed by atoms with E-state index in [0.717, 1.165) is 6.42 Å². The van der Waals surface area contributed by atoms with E-state index in [1.807, 2.05) is 30.3 Å². The van der Waals surface area contributed by atoms with Crippen molar-refractivity contribution in [2.24, 2.45) is 5.92 Å². The summed E-state index contributed by atoms with van der Waals surface area (Å²) in [4.78, 5) is 11.6. The standard InChI is InChI=1S/C14H21NO2.ClH/c1-4-11(2)13(14(16)17-3)15-10-12-8-6-5-7-9-12;/h5-9,11,13,15H,4,10H2,1-3H3;1H/t11-,13-;/m0./s1. The van der Waals surface area contributed by atoms with Crippen molar-refractivity contribution < 1.29 is 9.53 Å². The van der Waals surface area contributed by atoms with Crippen LogP contribution in [0.25, 0.3) is 0 Å². The van der Waals surface area contributed by atoms with Crippen LogP contribution in [0.15, 0.2) is 30.3 Å². The number of carbonyl (C=O) groups excluding carboxylic acids is 1. The molecule has 18 heavy (non-hydrogen) atoms. The Labute approximate surface area is 115 Å². The summed E-state index contributed by atoms with van der Waals surface area (Å²) in [5, 5.41) is 3.26. The quantitative estimate of drug-likeness (QED) is 0.809. The Morgan fingerprint density at radius 2 is 1.94 bits per heavy atom. The summed E-state index contributed by atoms with van der Waals surface area (Å²) in [5.74, 6) is 0.0847. The van der Waals surface area contributed by atoms with Crippen LogP contribution in [0.1, 0.15) is 25.8 Å². The third-order valence-corrected chi connectivity index (χ3v) is 3.04. The topological polar surface area (TPSA) is 38.3 Å². The van der Waals surface area contributed by atoms with Crippen LogP contribution in [-0.4, -0.2) is 19.1 Å². The molecule has 1 aromatic rings. The van der Waals surface area contributed by atoms with Gasteiger partial charge in [-0.1, -0.05) is 50.6 Å². The fourth-order valence-corrected chi connectivity index (χ4v) is 1.70. The highest BCUT2D eigenvalue weighted by Gasteiger charge is 2.23. The molecule has 0 radical (unpaired) electrons. The lowest BCUT2D eigenvalue weighted by Gasteiger charge is -2.21. The summed E-state index contributed by atoms with van der Waals surface area (Å²) in [6.07, 6.45) is 0.946. The molecule has 0 bridgehead atoms. The van der Waals surface area contributed by atoms with E-state index >= 15 is 0 Å². The molecular formula is C14H22ClNO2. The fourth-order valence-electron chi connectivity index (χ4n) is 1.70. The molecule has 0 aliphatic carbocycles. The lowest BCUT2D eigenvalue weighted by Crippen LogP contribution is -2.42. The van der Waals surface area contributed by atoms with E-state index in [1.54, 1.807) is 0 Å². The van der Waals surface area contributed by atoms with Crippen molar-refractivity contribution in [3.05, 3.63) is 35.9 Å². The molecule has 0 saturated heterocycles. The third-order valence-electron chi connectivity index (χ3n) is 3.04. The van der Waals surface area contributed by atoms with Crippen molar-refractivity contribution in [2.75, 3.05) is 7.11 Å². The Kier molecular flexibility index (Phi) is 8.42. The van der Waals surface area contributed by atoms with Crippen LogP contribution in [0.4, 0.5) is 0 Å². The summed E-state index contributed by atoms with van der Waals surface area (Å²) in [7, 11) is 1.43. The van der Waals surface area contributed by atoms with Crippen molar-refractivity contribution in [3.63, 3.8) is 0 Å². The normalized spacial score (nSPS) is 13.3. The molecule has 2 atom stereocenters. The van der Waals surface area contributed by atoms with Gasteiger partial charge in [-0.2, -0.15) is 0 Å². The van der Waals surface area contributed by atoms with Crippen LogP contribution >= 0.6 is 12.4 Å². The summed E-state index contributed by atoms with van der Waals surface area (Å²) in [5.41, 5.74) is 1.17. The molecule has 0 amide bonds. The number of methoxy groups -OCH3 is 1. The summed E-state index contributed by atoms with van der Waals surface area (Å²) in [6.45, 7) is 4.81. The highest BCUT2D eigenvalue weighted by atomic mass is 35.5. The second kappa shape index (κ2) is 8.95. The third kappa shape index (κ3) is 5.07. The van der Waals surface area contributed by atoms with Crippen molar-refractivity contribution in [1.29, 1.82) is 0 Å². The van der Waals surface area contributed by atoms with Gasteiger partial charge in [0.25, 0.3) is 0 Å².